The number of nitrogen functional groups attached to an aromatic ring is 1. The maximum absolute atomic E-state index is 10.1. The van der Waals surface area contributed by atoms with Crippen LogP contribution in [0.15, 0.2) is 36.4 Å². The molecule has 0 aromatic heterocycles. The van der Waals surface area contributed by atoms with Crippen LogP contribution in [-0.4, -0.2) is 29.9 Å². The number of piperidine rings is 1. The zero-order chi connectivity index (χ0) is 19.8. The zero-order valence-corrected chi connectivity index (χ0v) is 16.8. The van der Waals surface area contributed by atoms with Gasteiger partial charge in [0.2, 0.25) is 0 Å². The zero-order valence-electron chi connectivity index (χ0n) is 16.8. The van der Waals surface area contributed by atoms with Gasteiger partial charge in [0.05, 0.1) is 11.8 Å². The predicted molar refractivity (Wildman–Crippen MR) is 114 cm³/mol. The van der Waals surface area contributed by atoms with Crippen LogP contribution in [-0.2, 0) is 0 Å². The normalized spacial score (nSPS) is 23.5. The summed E-state index contributed by atoms with van der Waals surface area (Å²) in [6.45, 7) is 1.92. The molecule has 2 fully saturated rings. The summed E-state index contributed by atoms with van der Waals surface area (Å²) in [7, 11) is 0. The molecule has 1 aliphatic carbocycles. The highest BCUT2D eigenvalue weighted by Gasteiger charge is 2.43. The number of phenols is 1. The van der Waals surface area contributed by atoms with E-state index < -0.39 is 0 Å². The first-order valence-corrected chi connectivity index (χ1v) is 10.9. The number of nitrogens with two attached hydrogens (primary N) is 1. The highest BCUT2D eigenvalue weighted by molar-refractivity contribution is 5.62. The van der Waals surface area contributed by atoms with E-state index >= 15 is 0 Å². The van der Waals surface area contributed by atoms with Crippen LogP contribution in [0.25, 0.3) is 0 Å². The van der Waals surface area contributed by atoms with Gasteiger partial charge in [-0.2, -0.15) is 0 Å². The van der Waals surface area contributed by atoms with E-state index in [2.05, 4.69) is 11.4 Å². The van der Waals surface area contributed by atoms with E-state index in [-0.39, 0.29) is 17.6 Å². The lowest BCUT2D eigenvalue weighted by molar-refractivity contribution is 0.0111. The van der Waals surface area contributed by atoms with Crippen molar-refractivity contribution < 1.29 is 14.6 Å². The minimum Gasteiger partial charge on any atom is -0.508 e. The summed E-state index contributed by atoms with van der Waals surface area (Å²) in [6.07, 6.45) is 7.75. The molecule has 0 radical (unpaired) electrons. The van der Waals surface area contributed by atoms with Gasteiger partial charge in [0, 0.05) is 17.5 Å². The predicted octanol–water partition coefficient (Wildman–Crippen LogP) is 4.33. The molecule has 1 saturated carbocycles. The number of aromatic hydroxyl groups is 1. The number of benzene rings is 2. The number of rotatable bonds is 3. The van der Waals surface area contributed by atoms with Crippen LogP contribution in [0.2, 0.25) is 0 Å². The van der Waals surface area contributed by atoms with E-state index in [1.165, 1.54) is 12.8 Å². The molecule has 5 rings (SSSR count). The average molecular weight is 395 g/mol. The molecule has 2 aromatic carbocycles. The Kier molecular flexibility index (Phi) is 4.78. The van der Waals surface area contributed by atoms with E-state index in [9.17, 15) is 5.11 Å². The van der Waals surface area contributed by atoms with Crippen molar-refractivity contribution in [2.45, 2.75) is 62.6 Å². The molecular weight excluding hydrogens is 364 g/mol. The van der Waals surface area contributed by atoms with Crippen molar-refractivity contribution in [2.24, 2.45) is 0 Å². The minimum absolute atomic E-state index is 0.145. The van der Waals surface area contributed by atoms with Crippen molar-refractivity contribution in [3.63, 3.8) is 0 Å². The number of ether oxygens (including phenoxy) is 2. The van der Waals surface area contributed by atoms with Crippen molar-refractivity contribution in [3.05, 3.63) is 47.5 Å². The molecule has 1 spiro atoms. The van der Waals surface area contributed by atoms with E-state index in [0.29, 0.717) is 11.4 Å². The van der Waals surface area contributed by atoms with Crippen LogP contribution in [0.1, 0.15) is 62.0 Å². The SMILES string of the molecule is Nc1cc2c(cc1OC1CCCC1)OC1(CCNCC1)CC2c1cccc(O)c1. The Labute approximate surface area is 172 Å². The summed E-state index contributed by atoms with van der Waals surface area (Å²) >= 11 is 0. The Balaban J connectivity index is 1.55. The number of hydrogen-bond donors (Lipinski definition) is 3. The lowest BCUT2D eigenvalue weighted by Crippen LogP contribution is -2.49. The summed E-state index contributed by atoms with van der Waals surface area (Å²) in [6, 6.07) is 11.6. The van der Waals surface area contributed by atoms with E-state index in [4.69, 9.17) is 15.2 Å². The van der Waals surface area contributed by atoms with Crippen LogP contribution in [0.3, 0.4) is 0 Å². The summed E-state index contributed by atoms with van der Waals surface area (Å²) < 4.78 is 12.9. The van der Waals surface area contributed by atoms with E-state index in [0.717, 1.165) is 67.8 Å². The number of fused-ring (bicyclic) bond motifs is 1. The topological polar surface area (TPSA) is 76.7 Å². The summed E-state index contributed by atoms with van der Waals surface area (Å²) in [5, 5.41) is 13.5. The maximum atomic E-state index is 10.1. The van der Waals surface area contributed by atoms with Gasteiger partial charge in [-0.3, -0.25) is 0 Å². The molecule has 2 aliphatic heterocycles. The molecule has 154 valence electrons. The standard InChI is InChI=1S/C24H30N2O3/c25-21-13-19-20(16-4-3-5-17(27)12-16)15-24(8-10-26-11-9-24)29-22(19)14-23(21)28-18-6-1-2-7-18/h3-5,12-14,18,20,26-27H,1-2,6-11,15,25H2. The molecular formula is C24H30N2O3. The molecule has 3 aliphatic rings. The first kappa shape index (κ1) is 18.6. The molecule has 5 heteroatoms. The number of nitrogens with one attached hydrogen (secondary N) is 1. The molecule has 2 aromatic rings. The van der Waals surface area contributed by atoms with Crippen LogP contribution in [0.5, 0.6) is 17.2 Å². The molecule has 0 amide bonds. The lowest BCUT2D eigenvalue weighted by Gasteiger charge is -2.45. The van der Waals surface area contributed by atoms with Gasteiger partial charge >= 0.3 is 0 Å². The molecule has 5 nitrogen and oxygen atoms in total. The van der Waals surface area contributed by atoms with Crippen LogP contribution >= 0.6 is 0 Å². The Bertz CT molecular complexity index is 886. The highest BCUT2D eigenvalue weighted by Crippen LogP contribution is 2.50. The first-order chi connectivity index (χ1) is 14.1. The number of anilines is 1. The van der Waals surface area contributed by atoms with Gasteiger partial charge in [0.1, 0.15) is 22.8 Å². The van der Waals surface area contributed by atoms with Crippen molar-refractivity contribution in [1.29, 1.82) is 0 Å². The van der Waals surface area contributed by atoms with Gasteiger partial charge in [-0.25, -0.2) is 0 Å². The molecule has 2 heterocycles. The third-order valence-electron chi connectivity index (χ3n) is 6.80. The maximum Gasteiger partial charge on any atom is 0.146 e. The third kappa shape index (κ3) is 3.64. The Morgan fingerprint density at radius 1 is 1.10 bits per heavy atom. The van der Waals surface area contributed by atoms with Crippen molar-refractivity contribution in [2.75, 3.05) is 18.8 Å². The molecule has 0 bridgehead atoms. The van der Waals surface area contributed by atoms with Gasteiger partial charge in [-0.1, -0.05) is 12.1 Å². The minimum atomic E-state index is -0.185. The van der Waals surface area contributed by atoms with Crippen LogP contribution in [0, 0.1) is 0 Å². The van der Waals surface area contributed by atoms with E-state index in [1.807, 2.05) is 24.3 Å². The fourth-order valence-electron chi connectivity index (χ4n) is 5.23. The van der Waals surface area contributed by atoms with Crippen molar-refractivity contribution >= 4 is 5.69 Å². The molecule has 29 heavy (non-hydrogen) atoms. The number of phenolic OH excluding ortho intramolecular Hbond substituents is 1. The monoisotopic (exact) mass is 394 g/mol. The second kappa shape index (κ2) is 7.45. The number of hydrogen-bond acceptors (Lipinski definition) is 5. The van der Waals surface area contributed by atoms with E-state index in [1.54, 1.807) is 6.07 Å². The van der Waals surface area contributed by atoms with Gasteiger partial charge in [-0.15, -0.1) is 0 Å². The quantitative estimate of drug-likeness (QED) is 0.676. The van der Waals surface area contributed by atoms with Gasteiger partial charge in [0.15, 0.2) is 0 Å². The second-order valence-corrected chi connectivity index (χ2v) is 8.84. The fourth-order valence-corrected chi connectivity index (χ4v) is 5.23. The largest absolute Gasteiger partial charge is 0.508 e. The molecule has 1 saturated heterocycles. The highest BCUT2D eigenvalue weighted by atomic mass is 16.5. The summed E-state index contributed by atoms with van der Waals surface area (Å²) in [5.74, 6) is 2.07. The van der Waals surface area contributed by atoms with Crippen molar-refractivity contribution in [1.82, 2.24) is 5.32 Å². The Morgan fingerprint density at radius 3 is 2.66 bits per heavy atom. The van der Waals surface area contributed by atoms with Crippen molar-refractivity contribution in [3.8, 4) is 17.2 Å². The molecule has 1 atom stereocenters. The van der Waals surface area contributed by atoms with Crippen LogP contribution in [0.4, 0.5) is 5.69 Å². The third-order valence-corrected chi connectivity index (χ3v) is 6.80. The second-order valence-electron chi connectivity index (χ2n) is 8.84. The fraction of sp³-hybridized carbons (Fsp3) is 0.500. The average Bonchev–Trinajstić information content (AvgIpc) is 3.22. The first-order valence-electron chi connectivity index (χ1n) is 10.9. The van der Waals surface area contributed by atoms with Gasteiger partial charge in [-0.05, 0) is 81.8 Å². The Morgan fingerprint density at radius 2 is 1.90 bits per heavy atom. The summed E-state index contributed by atoms with van der Waals surface area (Å²) in [5.41, 5.74) is 9.11. The lowest BCUT2D eigenvalue weighted by atomic mass is 9.75. The summed E-state index contributed by atoms with van der Waals surface area (Å²) in [4.78, 5) is 0. The van der Waals surface area contributed by atoms with Gasteiger partial charge < -0.3 is 25.6 Å². The van der Waals surface area contributed by atoms with Gasteiger partial charge in [0.25, 0.3) is 0 Å². The molecule has 1 unspecified atom stereocenters. The smallest absolute Gasteiger partial charge is 0.146 e. The Hall–Kier alpha value is -2.40. The molecule has 4 N–H and O–H groups in total. The van der Waals surface area contributed by atoms with Crippen LogP contribution < -0.4 is 20.5 Å².